The van der Waals surface area contributed by atoms with Crippen molar-refractivity contribution in [3.63, 3.8) is 0 Å². The van der Waals surface area contributed by atoms with Crippen molar-refractivity contribution in [1.29, 1.82) is 0 Å². The topological polar surface area (TPSA) is 38.0 Å². The highest BCUT2D eigenvalue weighted by Crippen LogP contribution is 2.15. The number of hydrogen-bond acceptors (Lipinski definition) is 2. The van der Waals surface area contributed by atoms with Crippen LogP contribution in [0.3, 0.4) is 0 Å². The second-order valence-corrected chi connectivity index (χ2v) is 3.28. The summed E-state index contributed by atoms with van der Waals surface area (Å²) in [6, 6.07) is 0.472. The van der Waals surface area contributed by atoms with Crippen molar-refractivity contribution in [3.05, 3.63) is 0 Å². The number of nitrogens with one attached hydrogen (secondary N) is 1. The summed E-state index contributed by atoms with van der Waals surface area (Å²) in [6.45, 7) is 8.84. The molecule has 62 valence electrons. The Labute approximate surface area is 64.2 Å². The van der Waals surface area contributed by atoms with Gasteiger partial charge in [-0.25, -0.2) is 0 Å². The number of hydrogen-bond donors (Lipinski definition) is 2. The van der Waals surface area contributed by atoms with Gasteiger partial charge in [0.2, 0.25) is 0 Å². The molecule has 0 aliphatic carbocycles. The first-order valence-corrected chi connectivity index (χ1v) is 4.09. The molecule has 0 spiro atoms. The quantitative estimate of drug-likeness (QED) is 0.464. The van der Waals surface area contributed by atoms with Crippen LogP contribution in [-0.4, -0.2) is 6.04 Å². The lowest BCUT2D eigenvalue weighted by atomic mass is 9.89. The van der Waals surface area contributed by atoms with Gasteiger partial charge in [-0.2, -0.15) is 0 Å². The molecule has 0 radical (unpaired) electrons. The zero-order valence-electron chi connectivity index (χ0n) is 7.52. The Bertz CT molecular complexity index is 77.3. The van der Waals surface area contributed by atoms with E-state index in [-0.39, 0.29) is 0 Å². The van der Waals surface area contributed by atoms with Crippen molar-refractivity contribution >= 4 is 0 Å². The van der Waals surface area contributed by atoms with E-state index in [1.165, 1.54) is 0 Å². The van der Waals surface area contributed by atoms with Crippen LogP contribution in [0, 0.1) is 11.8 Å². The summed E-state index contributed by atoms with van der Waals surface area (Å²) in [5.41, 5.74) is 2.83. The van der Waals surface area contributed by atoms with Gasteiger partial charge in [0.15, 0.2) is 0 Å². The van der Waals surface area contributed by atoms with E-state index in [1.807, 2.05) is 0 Å². The predicted molar refractivity (Wildman–Crippen MR) is 45.4 cm³/mol. The Balaban J connectivity index is 3.76. The molecule has 2 nitrogen and oxygen atoms in total. The minimum atomic E-state index is 0.472. The SMILES string of the molecule is CCC(NN)C(C)C(C)C. The molecule has 0 heterocycles. The largest absolute Gasteiger partial charge is 0.271 e. The Kier molecular flexibility index (Phi) is 4.65. The molecule has 0 aliphatic heterocycles. The molecule has 0 saturated carbocycles. The van der Waals surface area contributed by atoms with E-state index in [2.05, 4.69) is 33.1 Å². The van der Waals surface area contributed by atoms with E-state index < -0.39 is 0 Å². The average molecular weight is 144 g/mol. The Morgan fingerprint density at radius 3 is 1.90 bits per heavy atom. The van der Waals surface area contributed by atoms with Crippen LogP contribution in [0.15, 0.2) is 0 Å². The summed E-state index contributed by atoms with van der Waals surface area (Å²) >= 11 is 0. The second kappa shape index (κ2) is 4.69. The van der Waals surface area contributed by atoms with Crippen molar-refractivity contribution < 1.29 is 0 Å². The molecule has 3 N–H and O–H groups in total. The van der Waals surface area contributed by atoms with Crippen LogP contribution in [0.25, 0.3) is 0 Å². The lowest BCUT2D eigenvalue weighted by Crippen LogP contribution is -2.41. The zero-order valence-corrected chi connectivity index (χ0v) is 7.52. The molecule has 0 aromatic rings. The highest BCUT2D eigenvalue weighted by molar-refractivity contribution is 4.71. The van der Waals surface area contributed by atoms with Crippen LogP contribution in [0.5, 0.6) is 0 Å². The highest BCUT2D eigenvalue weighted by Gasteiger charge is 2.16. The van der Waals surface area contributed by atoms with Crippen LogP contribution < -0.4 is 11.3 Å². The molecule has 0 bridgehead atoms. The fourth-order valence-electron chi connectivity index (χ4n) is 1.11. The van der Waals surface area contributed by atoms with E-state index >= 15 is 0 Å². The lowest BCUT2D eigenvalue weighted by Gasteiger charge is -2.24. The normalized spacial score (nSPS) is 17.4. The fourth-order valence-corrected chi connectivity index (χ4v) is 1.11. The molecule has 0 aliphatic rings. The first-order valence-electron chi connectivity index (χ1n) is 4.09. The molecule has 0 amide bonds. The number of rotatable bonds is 4. The summed E-state index contributed by atoms with van der Waals surface area (Å²) < 4.78 is 0. The Morgan fingerprint density at radius 1 is 1.30 bits per heavy atom. The minimum Gasteiger partial charge on any atom is -0.271 e. The third-order valence-electron chi connectivity index (χ3n) is 2.34. The summed E-state index contributed by atoms with van der Waals surface area (Å²) in [4.78, 5) is 0. The van der Waals surface area contributed by atoms with Gasteiger partial charge in [-0.05, 0) is 18.3 Å². The third-order valence-corrected chi connectivity index (χ3v) is 2.34. The smallest absolute Gasteiger partial charge is 0.0235 e. The van der Waals surface area contributed by atoms with Crippen molar-refractivity contribution in [2.24, 2.45) is 17.7 Å². The summed E-state index contributed by atoms with van der Waals surface area (Å²) in [5.74, 6) is 6.74. The molecule has 2 atom stereocenters. The Morgan fingerprint density at radius 2 is 1.80 bits per heavy atom. The molecule has 0 saturated heterocycles. The van der Waals surface area contributed by atoms with Gasteiger partial charge in [0.25, 0.3) is 0 Å². The van der Waals surface area contributed by atoms with Gasteiger partial charge in [-0.3, -0.25) is 11.3 Å². The van der Waals surface area contributed by atoms with Gasteiger partial charge >= 0.3 is 0 Å². The van der Waals surface area contributed by atoms with Gasteiger partial charge in [-0.1, -0.05) is 27.7 Å². The van der Waals surface area contributed by atoms with E-state index in [0.29, 0.717) is 17.9 Å². The zero-order chi connectivity index (χ0) is 8.15. The van der Waals surface area contributed by atoms with E-state index in [1.54, 1.807) is 0 Å². The highest BCUT2D eigenvalue weighted by atomic mass is 15.2. The molecule has 0 rings (SSSR count). The van der Waals surface area contributed by atoms with E-state index in [0.717, 1.165) is 6.42 Å². The average Bonchev–Trinajstić information content (AvgIpc) is 1.90. The monoisotopic (exact) mass is 144 g/mol. The number of hydrazine groups is 1. The van der Waals surface area contributed by atoms with Gasteiger partial charge in [0.05, 0.1) is 0 Å². The van der Waals surface area contributed by atoms with Crippen LogP contribution in [0.2, 0.25) is 0 Å². The molecule has 0 fully saturated rings. The molecular formula is C8H20N2. The summed E-state index contributed by atoms with van der Waals surface area (Å²) in [7, 11) is 0. The first-order chi connectivity index (χ1) is 4.63. The van der Waals surface area contributed by atoms with Crippen LogP contribution in [0.4, 0.5) is 0 Å². The third kappa shape index (κ3) is 2.67. The molecule has 2 unspecified atom stereocenters. The van der Waals surface area contributed by atoms with Crippen LogP contribution in [-0.2, 0) is 0 Å². The predicted octanol–water partition coefficient (Wildman–Crippen LogP) is 1.52. The van der Waals surface area contributed by atoms with E-state index in [9.17, 15) is 0 Å². The first kappa shape index (κ1) is 9.92. The molecule has 10 heavy (non-hydrogen) atoms. The maximum Gasteiger partial charge on any atom is 0.0235 e. The van der Waals surface area contributed by atoms with Gasteiger partial charge in [-0.15, -0.1) is 0 Å². The van der Waals surface area contributed by atoms with Gasteiger partial charge < -0.3 is 0 Å². The molecule has 0 aromatic carbocycles. The maximum absolute atomic E-state index is 5.37. The molecule has 0 aromatic heterocycles. The fraction of sp³-hybridized carbons (Fsp3) is 1.00. The molecular weight excluding hydrogens is 124 g/mol. The van der Waals surface area contributed by atoms with Crippen molar-refractivity contribution in [3.8, 4) is 0 Å². The maximum atomic E-state index is 5.37. The van der Waals surface area contributed by atoms with Gasteiger partial charge in [0.1, 0.15) is 0 Å². The minimum absolute atomic E-state index is 0.472. The van der Waals surface area contributed by atoms with Gasteiger partial charge in [0, 0.05) is 6.04 Å². The summed E-state index contributed by atoms with van der Waals surface area (Å²) in [6.07, 6.45) is 1.11. The number of nitrogens with two attached hydrogens (primary N) is 1. The summed E-state index contributed by atoms with van der Waals surface area (Å²) in [5, 5.41) is 0. The standard InChI is InChI=1S/C8H20N2/c1-5-8(10-9)7(4)6(2)3/h6-8,10H,5,9H2,1-4H3. The second-order valence-electron chi connectivity index (χ2n) is 3.28. The van der Waals surface area contributed by atoms with Crippen molar-refractivity contribution in [2.45, 2.75) is 40.2 Å². The Hall–Kier alpha value is -0.0800. The van der Waals surface area contributed by atoms with Crippen LogP contribution in [0.1, 0.15) is 34.1 Å². The van der Waals surface area contributed by atoms with Crippen LogP contribution >= 0.6 is 0 Å². The molecule has 2 heteroatoms. The van der Waals surface area contributed by atoms with Crippen molar-refractivity contribution in [2.75, 3.05) is 0 Å². The van der Waals surface area contributed by atoms with Crippen molar-refractivity contribution in [1.82, 2.24) is 5.43 Å². The lowest BCUT2D eigenvalue weighted by molar-refractivity contribution is 0.294. The van der Waals surface area contributed by atoms with E-state index in [4.69, 9.17) is 5.84 Å².